The lowest BCUT2D eigenvalue weighted by Crippen LogP contribution is -2.04. The first-order valence-electron chi connectivity index (χ1n) is 34.6. The summed E-state index contributed by atoms with van der Waals surface area (Å²) in [5, 5.41) is 21.3. The number of rotatable bonds is 6. The van der Waals surface area contributed by atoms with Crippen molar-refractivity contribution in [1.29, 1.82) is 0 Å². The van der Waals surface area contributed by atoms with Crippen LogP contribution >= 0.6 is 0 Å². The third-order valence-electron chi connectivity index (χ3n) is 21.8. The van der Waals surface area contributed by atoms with E-state index in [4.69, 9.17) is 28.8 Å². The topological polar surface area (TPSA) is 97.6 Å². The highest BCUT2D eigenvalue weighted by Gasteiger charge is 2.32. The number of para-hydroxylation sites is 4. The molecule has 0 spiro atoms. The number of hydrogen-bond donors (Lipinski definition) is 0. The lowest BCUT2D eigenvalue weighted by molar-refractivity contribution is 0.669. The number of benzene rings is 15. The molecule has 0 fully saturated rings. The molecule has 0 atom stereocenters. The van der Waals surface area contributed by atoms with Crippen molar-refractivity contribution < 1.29 is 8.83 Å². The fourth-order valence-electron chi connectivity index (χ4n) is 17.8. The first kappa shape index (κ1) is 54.1. The summed E-state index contributed by atoms with van der Waals surface area (Å²) in [6.45, 7) is 0. The first-order chi connectivity index (χ1) is 50.6. The zero-order valence-corrected chi connectivity index (χ0v) is 54.3. The summed E-state index contributed by atoms with van der Waals surface area (Å²) in [5.41, 5.74) is 22.1. The van der Waals surface area contributed by atoms with Crippen LogP contribution < -0.4 is 0 Å². The molecule has 470 valence electrons. The number of hydrogen-bond acceptors (Lipinski definition) is 6. The largest absolute Gasteiger partial charge is 0.456 e. The minimum atomic E-state index is 0.803. The molecule has 102 heavy (non-hydrogen) atoms. The highest BCUT2D eigenvalue weighted by molar-refractivity contribution is 6.44. The summed E-state index contributed by atoms with van der Waals surface area (Å²) >= 11 is 0. The molecule has 0 N–H and O–H groups in total. The van der Waals surface area contributed by atoms with Gasteiger partial charge in [0, 0.05) is 92.5 Å². The van der Waals surface area contributed by atoms with E-state index in [0.717, 1.165) is 144 Å². The highest BCUT2D eigenvalue weighted by Crippen LogP contribution is 2.54. The third kappa shape index (κ3) is 7.05. The van der Waals surface area contributed by atoms with E-state index >= 15 is 0 Å². The van der Waals surface area contributed by atoms with Gasteiger partial charge in [-0.1, -0.05) is 188 Å². The molecule has 25 aromatic rings. The molecule has 0 bridgehead atoms. The Kier molecular flexibility index (Phi) is 10.5. The predicted molar refractivity (Wildman–Crippen MR) is 419 cm³/mol. The Morgan fingerprint density at radius 3 is 1.07 bits per heavy atom. The van der Waals surface area contributed by atoms with Crippen LogP contribution in [0.5, 0.6) is 0 Å². The SMILES string of the molecule is c1ccc(-c2nc3c(ccc4ccccc43)nc2-n2c3ccc4oc5cccc6c7cccc8c7c7c(c3c4c56)c2ccc7n8-c2ccccc2)cc1.c1ccc(-c2nc3ccccc3nc2-n2c3ccc4oc5cccc6c7cccc8c7c7c(c3c4c56)c2ccc7n8-c2ccccc2)cc1. The second-order valence-electron chi connectivity index (χ2n) is 27.0. The van der Waals surface area contributed by atoms with E-state index in [9.17, 15) is 0 Å². The van der Waals surface area contributed by atoms with Gasteiger partial charge < -0.3 is 18.0 Å². The van der Waals surface area contributed by atoms with Crippen molar-refractivity contribution in [3.63, 3.8) is 0 Å². The molecule has 0 aliphatic heterocycles. The molecule has 17 aromatic carbocycles. The van der Waals surface area contributed by atoms with E-state index in [1.54, 1.807) is 0 Å². The van der Waals surface area contributed by atoms with E-state index in [2.05, 4.69) is 297 Å². The van der Waals surface area contributed by atoms with E-state index in [-0.39, 0.29) is 0 Å². The van der Waals surface area contributed by atoms with Gasteiger partial charge >= 0.3 is 0 Å². The van der Waals surface area contributed by atoms with Crippen LogP contribution in [0.25, 0.3) is 231 Å². The monoisotopic (exact) mass is 1300 g/mol. The van der Waals surface area contributed by atoms with Gasteiger partial charge in [0.05, 0.1) is 66.2 Å². The number of furan rings is 2. The molecule has 25 rings (SSSR count). The third-order valence-corrected chi connectivity index (χ3v) is 21.8. The summed E-state index contributed by atoms with van der Waals surface area (Å²) in [7, 11) is 0. The summed E-state index contributed by atoms with van der Waals surface area (Å²) < 4.78 is 22.9. The predicted octanol–water partition coefficient (Wildman–Crippen LogP) is 24.0. The minimum Gasteiger partial charge on any atom is -0.456 e. The fourth-order valence-corrected chi connectivity index (χ4v) is 17.8. The number of nitrogens with zero attached hydrogens (tertiary/aromatic N) is 8. The number of fused-ring (bicyclic) bond motifs is 6. The lowest BCUT2D eigenvalue weighted by Gasteiger charge is -2.15. The van der Waals surface area contributed by atoms with Crippen LogP contribution in [0.4, 0.5) is 0 Å². The molecule has 8 aromatic heterocycles. The Labute approximate surface area is 577 Å². The van der Waals surface area contributed by atoms with Gasteiger partial charge in [-0.15, -0.1) is 0 Å². The average Bonchev–Trinajstić information content (AvgIpc) is 1.52. The van der Waals surface area contributed by atoms with Crippen molar-refractivity contribution in [1.82, 2.24) is 38.2 Å². The van der Waals surface area contributed by atoms with Gasteiger partial charge in [0.15, 0.2) is 11.6 Å². The first-order valence-corrected chi connectivity index (χ1v) is 34.6. The van der Waals surface area contributed by atoms with Crippen LogP contribution in [0.1, 0.15) is 0 Å². The van der Waals surface area contributed by atoms with Gasteiger partial charge in [0.2, 0.25) is 0 Å². The van der Waals surface area contributed by atoms with Gasteiger partial charge in [-0.05, 0) is 142 Å². The second-order valence-corrected chi connectivity index (χ2v) is 27.0. The summed E-state index contributed by atoms with van der Waals surface area (Å²) in [4.78, 5) is 21.7. The van der Waals surface area contributed by atoms with Gasteiger partial charge in [-0.2, -0.15) is 0 Å². The molecule has 0 saturated heterocycles. The van der Waals surface area contributed by atoms with Crippen molar-refractivity contribution >= 4 is 185 Å². The van der Waals surface area contributed by atoms with Gasteiger partial charge in [-0.3, -0.25) is 9.13 Å². The summed E-state index contributed by atoms with van der Waals surface area (Å²) in [6.07, 6.45) is 0. The molecule has 0 aliphatic carbocycles. The van der Waals surface area contributed by atoms with Crippen LogP contribution in [0.15, 0.2) is 312 Å². The zero-order chi connectivity index (χ0) is 66.2. The Hall–Kier alpha value is -14.0. The van der Waals surface area contributed by atoms with E-state index in [1.165, 1.54) is 86.7 Å². The lowest BCUT2D eigenvalue weighted by atomic mass is 9.95. The van der Waals surface area contributed by atoms with Crippen LogP contribution in [-0.2, 0) is 0 Å². The maximum atomic E-state index is 6.68. The number of aromatic nitrogens is 8. The molecule has 0 aliphatic rings. The Morgan fingerprint density at radius 2 is 0.559 bits per heavy atom. The summed E-state index contributed by atoms with van der Waals surface area (Å²) in [5.74, 6) is 1.61. The van der Waals surface area contributed by atoms with Crippen molar-refractivity contribution in [3.05, 3.63) is 303 Å². The Balaban J connectivity index is 0.000000123. The molecular formula is C92H50N8O2. The minimum absolute atomic E-state index is 0.803. The quantitative estimate of drug-likeness (QED) is 0.154. The van der Waals surface area contributed by atoms with Crippen molar-refractivity contribution in [2.45, 2.75) is 0 Å². The molecule has 10 nitrogen and oxygen atoms in total. The molecule has 0 saturated carbocycles. The molecule has 0 amide bonds. The van der Waals surface area contributed by atoms with E-state index in [1.807, 2.05) is 24.3 Å². The fraction of sp³-hybridized carbons (Fsp3) is 0. The summed E-state index contributed by atoms with van der Waals surface area (Å²) in [6, 6.07) is 107. The standard InChI is InChI=1S/C48H26N4O.C44H24N4O/c1-3-12-28(13-4-1)46-48(49-33-22-21-27-11-7-8-16-30(27)47(33)50-46)52-36-24-23-35-42-40-31(17-9-19-34(40)51(35)29-14-5-2-6-15-29)32-18-10-20-38-41(32)45-39(53-38)26-25-37(52)44(45)43(36)42;1-3-11-25(12-4-1)43-44(46-30-18-8-7-17-29(30)45-43)48-33-22-21-32-39-37-27(15-9-19-31(37)47(32)26-13-5-2-6-14-26)28-16-10-20-35-38(28)42-36(49-35)24-23-34(48)41(42)40(33)39/h1-26H;1-24H. The van der Waals surface area contributed by atoms with Gasteiger partial charge in [-0.25, -0.2) is 19.9 Å². The Morgan fingerprint density at radius 1 is 0.206 bits per heavy atom. The average molecular weight is 1300 g/mol. The highest BCUT2D eigenvalue weighted by atomic mass is 16.3. The van der Waals surface area contributed by atoms with Gasteiger partial charge in [0.25, 0.3) is 0 Å². The van der Waals surface area contributed by atoms with Crippen LogP contribution in [0.3, 0.4) is 0 Å². The molecule has 8 heterocycles. The maximum Gasteiger partial charge on any atom is 0.165 e. The van der Waals surface area contributed by atoms with Crippen molar-refractivity contribution in [2.75, 3.05) is 0 Å². The van der Waals surface area contributed by atoms with Crippen molar-refractivity contribution in [2.24, 2.45) is 0 Å². The second kappa shape index (κ2) is 19.9. The maximum absolute atomic E-state index is 6.68. The normalized spacial score (nSPS) is 12.5. The molecule has 0 radical (unpaired) electrons. The molecular weight excluding hydrogens is 1250 g/mol. The van der Waals surface area contributed by atoms with Crippen molar-refractivity contribution in [3.8, 4) is 45.5 Å². The van der Waals surface area contributed by atoms with E-state index in [0.29, 0.717) is 0 Å². The molecule has 10 heteroatoms. The zero-order valence-electron chi connectivity index (χ0n) is 54.3. The smallest absolute Gasteiger partial charge is 0.165 e. The van der Waals surface area contributed by atoms with E-state index < -0.39 is 0 Å². The van der Waals surface area contributed by atoms with Gasteiger partial charge in [0.1, 0.15) is 33.7 Å². The van der Waals surface area contributed by atoms with Crippen LogP contribution in [0, 0.1) is 0 Å². The molecule has 0 unspecified atom stereocenters. The van der Waals surface area contributed by atoms with Crippen LogP contribution in [-0.4, -0.2) is 38.2 Å². The van der Waals surface area contributed by atoms with Crippen LogP contribution in [0.2, 0.25) is 0 Å². The Bertz CT molecular complexity index is 7790.